The van der Waals surface area contributed by atoms with Crippen LogP contribution in [-0.4, -0.2) is 33.9 Å². The van der Waals surface area contributed by atoms with Crippen LogP contribution in [0.15, 0.2) is 0 Å². The molecule has 0 N–H and O–H groups in total. The summed E-state index contributed by atoms with van der Waals surface area (Å²) in [4.78, 5) is 40.0. The van der Waals surface area contributed by atoms with Gasteiger partial charge in [-0.1, -0.05) is 13.3 Å². The topological polar surface area (TPSA) is 109 Å². The van der Waals surface area contributed by atoms with Crippen molar-refractivity contribution in [3.63, 3.8) is 0 Å². The average molecular weight is 417 g/mol. The summed E-state index contributed by atoms with van der Waals surface area (Å²) >= 11 is 0. The summed E-state index contributed by atoms with van der Waals surface area (Å²) in [5.41, 5.74) is 0. The van der Waals surface area contributed by atoms with Crippen LogP contribution in [0.2, 0.25) is 0 Å². The Bertz CT molecular complexity index is 110. The van der Waals surface area contributed by atoms with Crippen LogP contribution in [0, 0.1) is 11.3 Å². The number of carbonyl (C=O) groups excluding carboxylic acids is 5. The Balaban J connectivity index is -0.0000000158. The first-order valence-electron chi connectivity index (χ1n) is 3.73. The number of hydrogen-bond donors (Lipinski definition) is 0. The third kappa shape index (κ3) is 976. The Kier molecular flexibility index (Phi) is 1100. The fourth-order valence-electron chi connectivity index (χ4n) is 0.256. The number of rotatable bonds is 2. The predicted molar refractivity (Wildman–Crippen MR) is 60.7 cm³/mol. The van der Waals surface area contributed by atoms with Crippen molar-refractivity contribution in [3.05, 3.63) is 0 Å². The molecule has 7 heteroatoms. The zero-order valence-electron chi connectivity index (χ0n) is 10.1. The van der Waals surface area contributed by atoms with E-state index in [0.717, 1.165) is 19.3 Å². The summed E-state index contributed by atoms with van der Waals surface area (Å²) in [5.74, 6) is 0. The molecule has 0 bridgehead atoms. The summed E-state index contributed by atoms with van der Waals surface area (Å²) in [7, 11) is 0. The summed E-state index contributed by atoms with van der Waals surface area (Å²) in [6, 6.07) is 2.07. The Labute approximate surface area is 117 Å². The Morgan fingerprint density at radius 3 is 1.12 bits per heavy atom. The van der Waals surface area contributed by atoms with Gasteiger partial charge >= 0.3 is 0 Å². The Hall–Kier alpha value is -1.47. The summed E-state index contributed by atoms with van der Waals surface area (Å²) in [6.45, 7) is 12.1. The quantitative estimate of drug-likeness (QED) is 0.615. The number of carbonyl (C=O) groups is 5. The van der Waals surface area contributed by atoms with E-state index in [9.17, 15) is 0 Å². The molecule has 0 aliphatic heterocycles. The molecule has 0 saturated heterocycles. The van der Waals surface area contributed by atoms with Crippen molar-refractivity contribution in [2.24, 2.45) is 0 Å². The van der Waals surface area contributed by atoms with Crippen molar-refractivity contribution in [1.29, 1.82) is 5.26 Å². The largest absolute Gasteiger partial charge is 0.307 e. The first-order chi connectivity index (χ1) is 7.91. The third-order valence-electron chi connectivity index (χ3n) is 0.642. The first kappa shape index (κ1) is 45.1. The summed E-state index contributed by atoms with van der Waals surface area (Å²) in [6.07, 6.45) is 2.90. The molecule has 0 rings (SSSR count). The van der Waals surface area contributed by atoms with Crippen molar-refractivity contribution in [1.82, 2.24) is 0 Å². The van der Waals surface area contributed by atoms with Gasteiger partial charge in [-0.3, -0.25) is 0 Å². The molecule has 0 fully saturated rings. The van der Waals surface area contributed by atoms with Crippen molar-refractivity contribution in [3.8, 4) is 6.07 Å². The van der Waals surface area contributed by atoms with Crippen LogP contribution in [-0.2, 0) is 45.0 Å². The molecule has 0 atom stereocenters. The third-order valence-corrected chi connectivity index (χ3v) is 0.642. The SMILES string of the molecule is C=O.C=O.C=O.C=O.C=O.CCCCC#N.[W]. The predicted octanol–water partition coefficient (Wildman–Crippen LogP) is 0.773. The number of nitrogens with zero attached hydrogens (tertiary/aromatic N) is 1. The van der Waals surface area contributed by atoms with Crippen LogP contribution < -0.4 is 0 Å². The standard InChI is InChI=1S/C5H9N.5CH2O.W/c1-2-3-4-5-6;5*1-2;/h2-4H2,1H3;5*1H2;. The molecular formula is C10H19NO5W. The minimum Gasteiger partial charge on any atom is -0.307 e. The fraction of sp³-hybridized carbons (Fsp3) is 0.400. The summed E-state index contributed by atoms with van der Waals surface area (Å²) < 4.78 is 0. The van der Waals surface area contributed by atoms with Gasteiger partial charge in [0.25, 0.3) is 0 Å². The van der Waals surface area contributed by atoms with Gasteiger partial charge in [0.2, 0.25) is 0 Å². The molecule has 0 radical (unpaired) electrons. The molecular weight excluding hydrogens is 398 g/mol. The van der Waals surface area contributed by atoms with Crippen molar-refractivity contribution >= 4 is 33.9 Å². The smallest absolute Gasteiger partial charge is 0.106 e. The van der Waals surface area contributed by atoms with Crippen LogP contribution in [0.4, 0.5) is 0 Å². The van der Waals surface area contributed by atoms with Gasteiger partial charge in [-0.25, -0.2) is 0 Å². The van der Waals surface area contributed by atoms with Crippen molar-refractivity contribution < 1.29 is 45.0 Å². The van der Waals surface area contributed by atoms with E-state index in [4.69, 9.17) is 29.2 Å². The van der Waals surface area contributed by atoms with Crippen molar-refractivity contribution in [2.45, 2.75) is 26.2 Å². The average Bonchev–Trinajstić information content (AvgIpc) is 2.47. The van der Waals surface area contributed by atoms with Crippen LogP contribution in [0.3, 0.4) is 0 Å². The van der Waals surface area contributed by atoms with Crippen molar-refractivity contribution in [2.75, 3.05) is 0 Å². The molecule has 17 heavy (non-hydrogen) atoms. The van der Waals surface area contributed by atoms with Gasteiger partial charge < -0.3 is 24.0 Å². The van der Waals surface area contributed by atoms with Gasteiger partial charge in [0.1, 0.15) is 33.9 Å². The number of unbranched alkanes of at least 4 members (excludes halogenated alkanes) is 2. The number of nitriles is 1. The molecule has 0 aliphatic carbocycles. The normalized spacial score (nSPS) is 3.76. The molecule has 0 aromatic carbocycles. The monoisotopic (exact) mass is 417 g/mol. The molecule has 100 valence electrons. The van der Waals surface area contributed by atoms with E-state index in [1.165, 1.54) is 0 Å². The minimum atomic E-state index is 0. The maximum Gasteiger partial charge on any atom is 0.106 e. The molecule has 0 aromatic heterocycles. The second kappa shape index (κ2) is 416. The second-order valence-electron chi connectivity index (χ2n) is 1.26. The van der Waals surface area contributed by atoms with E-state index in [-0.39, 0.29) is 21.1 Å². The van der Waals surface area contributed by atoms with E-state index in [2.05, 4.69) is 13.0 Å². The zero-order chi connectivity index (χ0) is 14.8. The van der Waals surface area contributed by atoms with Gasteiger partial charge in [-0.05, 0) is 6.42 Å². The molecule has 0 aromatic rings. The zero-order valence-corrected chi connectivity index (χ0v) is 13.0. The molecule has 0 aliphatic rings. The van der Waals surface area contributed by atoms with E-state index < -0.39 is 0 Å². The molecule has 0 spiro atoms. The maximum absolute atomic E-state index is 8.00. The van der Waals surface area contributed by atoms with E-state index in [1.54, 1.807) is 0 Å². The van der Waals surface area contributed by atoms with Gasteiger partial charge in [-0.15, -0.1) is 0 Å². The molecule has 0 heterocycles. The molecule has 6 nitrogen and oxygen atoms in total. The van der Waals surface area contributed by atoms with E-state index >= 15 is 0 Å². The van der Waals surface area contributed by atoms with E-state index in [1.807, 2.05) is 33.9 Å². The molecule has 0 amide bonds. The van der Waals surface area contributed by atoms with Crippen LogP contribution in [0.25, 0.3) is 0 Å². The Morgan fingerprint density at radius 2 is 1.06 bits per heavy atom. The maximum atomic E-state index is 8.00. The fourth-order valence-corrected chi connectivity index (χ4v) is 0.256. The van der Waals surface area contributed by atoms with Gasteiger partial charge in [-0.2, -0.15) is 5.26 Å². The second-order valence-corrected chi connectivity index (χ2v) is 1.26. The Morgan fingerprint density at radius 1 is 0.824 bits per heavy atom. The van der Waals surface area contributed by atoms with Gasteiger partial charge in [0.05, 0.1) is 6.07 Å². The van der Waals surface area contributed by atoms with Gasteiger partial charge in [0.15, 0.2) is 0 Å². The van der Waals surface area contributed by atoms with Crippen LogP contribution >= 0.6 is 0 Å². The van der Waals surface area contributed by atoms with Crippen LogP contribution in [0.1, 0.15) is 26.2 Å². The number of hydrogen-bond acceptors (Lipinski definition) is 6. The van der Waals surface area contributed by atoms with E-state index in [0.29, 0.717) is 0 Å². The molecule has 0 unspecified atom stereocenters. The summed E-state index contributed by atoms with van der Waals surface area (Å²) in [5, 5.41) is 7.95. The molecule has 0 saturated carbocycles. The first-order valence-corrected chi connectivity index (χ1v) is 3.73. The van der Waals surface area contributed by atoms with Gasteiger partial charge in [0, 0.05) is 27.5 Å². The van der Waals surface area contributed by atoms with Crippen LogP contribution in [0.5, 0.6) is 0 Å². The minimum absolute atomic E-state index is 0.